The molecule has 0 heterocycles. The number of nitrogens with one attached hydrogen (secondary N) is 1. The van der Waals surface area contributed by atoms with Gasteiger partial charge in [0.25, 0.3) is 0 Å². The lowest BCUT2D eigenvalue weighted by molar-refractivity contribution is -0.140. The Morgan fingerprint density at radius 1 is 1.06 bits per heavy atom. The molecule has 180 valence electrons. The van der Waals surface area contributed by atoms with E-state index in [1.807, 2.05) is 13.8 Å². The van der Waals surface area contributed by atoms with E-state index in [4.69, 9.17) is 11.6 Å². The van der Waals surface area contributed by atoms with Gasteiger partial charge in [0.15, 0.2) is 0 Å². The Bertz CT molecular complexity index is 1060. The minimum Gasteiger partial charge on any atom is -0.352 e. The van der Waals surface area contributed by atoms with E-state index < -0.39 is 34.3 Å². The second kappa shape index (κ2) is 11.6. The second-order valence-electron chi connectivity index (χ2n) is 7.86. The van der Waals surface area contributed by atoms with Crippen molar-refractivity contribution >= 4 is 33.4 Å². The molecule has 1 N–H and O–H groups in total. The molecule has 0 saturated carbocycles. The van der Waals surface area contributed by atoms with Crippen LogP contribution in [0.1, 0.15) is 32.8 Å². The van der Waals surface area contributed by atoms with Crippen molar-refractivity contribution in [2.45, 2.75) is 50.7 Å². The van der Waals surface area contributed by atoms with Crippen molar-refractivity contribution in [3.63, 3.8) is 0 Å². The van der Waals surface area contributed by atoms with Gasteiger partial charge in [-0.05, 0) is 62.2 Å². The van der Waals surface area contributed by atoms with Crippen LogP contribution in [0.15, 0.2) is 53.4 Å². The Balaban J connectivity index is 2.26. The fourth-order valence-corrected chi connectivity index (χ4v) is 4.23. The molecule has 0 saturated heterocycles. The molecule has 0 unspecified atom stereocenters. The highest BCUT2D eigenvalue weighted by atomic mass is 35.5. The molecule has 2 aromatic carbocycles. The molecule has 0 aliphatic rings. The van der Waals surface area contributed by atoms with Crippen LogP contribution in [0.3, 0.4) is 0 Å². The van der Waals surface area contributed by atoms with E-state index in [-0.39, 0.29) is 23.4 Å². The lowest BCUT2D eigenvalue weighted by atomic mass is 10.1. The Labute approximate surface area is 199 Å². The highest BCUT2D eigenvalue weighted by Crippen LogP contribution is 2.18. The van der Waals surface area contributed by atoms with Crippen LogP contribution < -0.4 is 5.32 Å². The van der Waals surface area contributed by atoms with Gasteiger partial charge in [0.2, 0.25) is 21.8 Å². The summed E-state index contributed by atoms with van der Waals surface area (Å²) in [6, 6.07) is 10.2. The van der Waals surface area contributed by atoms with Gasteiger partial charge in [0, 0.05) is 24.7 Å². The van der Waals surface area contributed by atoms with Crippen LogP contribution in [0.4, 0.5) is 4.39 Å². The van der Waals surface area contributed by atoms with Gasteiger partial charge in [0.1, 0.15) is 11.9 Å². The van der Waals surface area contributed by atoms with Gasteiger partial charge in [-0.3, -0.25) is 9.59 Å². The van der Waals surface area contributed by atoms with Gasteiger partial charge >= 0.3 is 0 Å². The van der Waals surface area contributed by atoms with Crippen LogP contribution in [0.25, 0.3) is 0 Å². The normalized spacial score (nSPS) is 13.4. The predicted molar refractivity (Wildman–Crippen MR) is 126 cm³/mol. The van der Waals surface area contributed by atoms with Crippen LogP contribution in [0, 0.1) is 5.82 Å². The van der Waals surface area contributed by atoms with Crippen LogP contribution in [0.2, 0.25) is 5.02 Å². The van der Waals surface area contributed by atoms with Crippen molar-refractivity contribution < 1.29 is 22.4 Å². The number of amides is 2. The van der Waals surface area contributed by atoms with Crippen molar-refractivity contribution in [1.29, 1.82) is 0 Å². The zero-order chi connectivity index (χ0) is 24.8. The quantitative estimate of drug-likeness (QED) is 0.545. The molecule has 2 rings (SSSR count). The number of rotatable bonds is 10. The predicted octanol–water partition coefficient (Wildman–Crippen LogP) is 3.43. The summed E-state index contributed by atoms with van der Waals surface area (Å²) >= 11 is 5.83. The molecule has 0 bridgehead atoms. The van der Waals surface area contributed by atoms with Gasteiger partial charge in [-0.2, -0.15) is 4.31 Å². The van der Waals surface area contributed by atoms with Gasteiger partial charge in [-0.25, -0.2) is 12.8 Å². The highest BCUT2D eigenvalue weighted by Gasteiger charge is 2.30. The first-order chi connectivity index (χ1) is 15.4. The third-order valence-electron chi connectivity index (χ3n) is 5.31. The van der Waals surface area contributed by atoms with E-state index in [1.165, 1.54) is 60.5 Å². The third kappa shape index (κ3) is 7.25. The monoisotopic (exact) mass is 497 g/mol. The Morgan fingerprint density at radius 3 is 2.18 bits per heavy atom. The Morgan fingerprint density at radius 2 is 1.64 bits per heavy atom. The van der Waals surface area contributed by atoms with Crippen molar-refractivity contribution in [3.8, 4) is 0 Å². The van der Waals surface area contributed by atoms with E-state index in [2.05, 4.69) is 5.32 Å². The molecule has 0 radical (unpaired) electrons. The SMILES string of the molecule is CC[C@H](C)NC(=O)[C@H](C)N(Cc1ccc(F)cc1)C(=O)CN(C)S(=O)(=O)c1ccc(Cl)cc1. The average Bonchev–Trinajstić information content (AvgIpc) is 2.78. The Hall–Kier alpha value is -2.49. The first-order valence-corrected chi connectivity index (χ1v) is 12.3. The number of benzene rings is 2. The third-order valence-corrected chi connectivity index (χ3v) is 7.38. The lowest BCUT2D eigenvalue weighted by Gasteiger charge is -2.31. The van der Waals surface area contributed by atoms with E-state index in [0.29, 0.717) is 17.0 Å². The summed E-state index contributed by atoms with van der Waals surface area (Å²) in [5, 5.41) is 3.23. The van der Waals surface area contributed by atoms with Crippen molar-refractivity contribution in [1.82, 2.24) is 14.5 Å². The first kappa shape index (κ1) is 26.8. The molecule has 0 aliphatic heterocycles. The number of likely N-dealkylation sites (N-methyl/N-ethyl adjacent to an activating group) is 1. The van der Waals surface area contributed by atoms with Crippen molar-refractivity contribution in [2.75, 3.05) is 13.6 Å². The molecule has 0 fully saturated rings. The highest BCUT2D eigenvalue weighted by molar-refractivity contribution is 7.89. The number of hydrogen-bond acceptors (Lipinski definition) is 4. The fraction of sp³-hybridized carbons (Fsp3) is 0.391. The molecule has 33 heavy (non-hydrogen) atoms. The standard InChI is InChI=1S/C23H29ClFN3O4S/c1-5-16(2)26-23(30)17(3)28(14-18-6-10-20(25)11-7-18)22(29)15-27(4)33(31,32)21-12-8-19(24)9-13-21/h6-13,16-17H,5,14-15H2,1-4H3,(H,26,30)/t16-,17-/m0/s1. The number of carbonyl (C=O) groups is 2. The summed E-state index contributed by atoms with van der Waals surface area (Å²) in [7, 11) is -2.66. The number of nitrogens with zero attached hydrogens (tertiary/aromatic N) is 2. The van der Waals surface area contributed by atoms with E-state index in [1.54, 1.807) is 6.92 Å². The van der Waals surface area contributed by atoms with E-state index in [0.717, 1.165) is 4.31 Å². The maximum absolute atomic E-state index is 13.3. The topological polar surface area (TPSA) is 86.8 Å². The molecule has 0 aromatic heterocycles. The maximum atomic E-state index is 13.3. The Kier molecular flexibility index (Phi) is 9.39. The number of hydrogen-bond donors (Lipinski definition) is 1. The maximum Gasteiger partial charge on any atom is 0.243 e. The molecule has 2 atom stereocenters. The van der Waals surface area contributed by atoms with Crippen molar-refractivity contribution in [2.24, 2.45) is 0 Å². The number of carbonyl (C=O) groups excluding carboxylic acids is 2. The summed E-state index contributed by atoms with van der Waals surface area (Å²) in [5.41, 5.74) is 0.608. The molecule has 0 spiro atoms. The van der Waals surface area contributed by atoms with Crippen LogP contribution in [0.5, 0.6) is 0 Å². The molecule has 7 nitrogen and oxygen atoms in total. The van der Waals surface area contributed by atoms with Crippen LogP contribution in [-0.2, 0) is 26.2 Å². The summed E-state index contributed by atoms with van der Waals surface area (Å²) in [6.07, 6.45) is 0.715. The second-order valence-corrected chi connectivity index (χ2v) is 10.3. The fourth-order valence-electron chi connectivity index (χ4n) is 2.99. The van der Waals surface area contributed by atoms with Gasteiger partial charge < -0.3 is 10.2 Å². The lowest BCUT2D eigenvalue weighted by Crippen LogP contribution is -2.51. The minimum atomic E-state index is -3.95. The van der Waals surface area contributed by atoms with E-state index >= 15 is 0 Å². The zero-order valence-corrected chi connectivity index (χ0v) is 20.7. The molecule has 2 amide bonds. The smallest absolute Gasteiger partial charge is 0.243 e. The minimum absolute atomic E-state index is 0.00477. The largest absolute Gasteiger partial charge is 0.352 e. The summed E-state index contributed by atoms with van der Waals surface area (Å²) < 4.78 is 40.0. The number of sulfonamides is 1. The van der Waals surface area contributed by atoms with Gasteiger partial charge in [-0.15, -0.1) is 0 Å². The average molecular weight is 498 g/mol. The molecule has 2 aromatic rings. The first-order valence-electron chi connectivity index (χ1n) is 10.5. The van der Waals surface area contributed by atoms with Gasteiger partial charge in [-0.1, -0.05) is 30.7 Å². The molecular weight excluding hydrogens is 469 g/mol. The summed E-state index contributed by atoms with van der Waals surface area (Å²) in [6.45, 7) is 4.89. The molecule has 0 aliphatic carbocycles. The zero-order valence-electron chi connectivity index (χ0n) is 19.1. The van der Waals surface area contributed by atoms with Gasteiger partial charge in [0.05, 0.1) is 11.4 Å². The summed E-state index contributed by atoms with van der Waals surface area (Å²) in [5.74, 6) is -1.35. The van der Waals surface area contributed by atoms with Crippen LogP contribution >= 0.6 is 11.6 Å². The number of halogens is 2. The summed E-state index contributed by atoms with van der Waals surface area (Å²) in [4.78, 5) is 27.2. The molecule has 10 heteroatoms. The van der Waals surface area contributed by atoms with Crippen molar-refractivity contribution in [3.05, 3.63) is 64.9 Å². The molecular formula is C23H29ClFN3O4S. The van der Waals surface area contributed by atoms with Crippen LogP contribution in [-0.4, -0.2) is 55.1 Å². The van der Waals surface area contributed by atoms with E-state index in [9.17, 15) is 22.4 Å².